The van der Waals surface area contributed by atoms with Crippen molar-refractivity contribution < 1.29 is 24.2 Å². The second-order valence-corrected chi connectivity index (χ2v) is 6.32. The zero-order valence-corrected chi connectivity index (χ0v) is 14.2. The molecule has 2 saturated heterocycles. The van der Waals surface area contributed by atoms with Gasteiger partial charge in [0.2, 0.25) is 5.91 Å². The number of hydrogen-bond acceptors (Lipinski definition) is 6. The number of aliphatic hydroxyl groups excluding tert-OH is 1. The fraction of sp³-hybridized carbons (Fsp3) is 0.500. The molecule has 0 radical (unpaired) electrons. The van der Waals surface area contributed by atoms with Crippen molar-refractivity contribution in [3.63, 3.8) is 0 Å². The molecule has 7 heteroatoms. The van der Waals surface area contributed by atoms with Crippen molar-refractivity contribution in [2.24, 2.45) is 0 Å². The Morgan fingerprint density at radius 1 is 1.20 bits per heavy atom. The van der Waals surface area contributed by atoms with Gasteiger partial charge in [-0.1, -0.05) is 0 Å². The quantitative estimate of drug-likeness (QED) is 0.645. The molecule has 2 fully saturated rings. The Bertz CT molecular complexity index is 665. The lowest BCUT2D eigenvalue weighted by atomic mass is 10.1. The molecular formula is C18H22N2O5. The number of benzene rings is 1. The van der Waals surface area contributed by atoms with Crippen molar-refractivity contribution in [1.82, 2.24) is 4.90 Å². The molecule has 0 spiro atoms. The van der Waals surface area contributed by atoms with Crippen molar-refractivity contribution in [3.8, 4) is 0 Å². The fourth-order valence-electron chi connectivity index (χ4n) is 3.33. The summed E-state index contributed by atoms with van der Waals surface area (Å²) in [6, 6.07) is 5.82. The molecular weight excluding hydrogens is 324 g/mol. The van der Waals surface area contributed by atoms with Crippen molar-refractivity contribution in [2.45, 2.75) is 38.3 Å². The first-order valence-electron chi connectivity index (χ1n) is 8.57. The van der Waals surface area contributed by atoms with E-state index in [2.05, 4.69) is 0 Å². The van der Waals surface area contributed by atoms with Gasteiger partial charge in [0, 0.05) is 13.1 Å². The Morgan fingerprint density at radius 3 is 2.44 bits per heavy atom. The molecule has 134 valence electrons. The Hall–Kier alpha value is -2.25. The van der Waals surface area contributed by atoms with Crippen LogP contribution in [0.2, 0.25) is 0 Å². The Labute approximate surface area is 146 Å². The second kappa shape index (κ2) is 7.33. The summed E-state index contributed by atoms with van der Waals surface area (Å²) in [5, 5.41) is 9.60. The maximum Gasteiger partial charge on any atom is 0.338 e. The van der Waals surface area contributed by atoms with Gasteiger partial charge in [-0.05, 0) is 44.0 Å². The summed E-state index contributed by atoms with van der Waals surface area (Å²) < 4.78 is 4.93. The van der Waals surface area contributed by atoms with E-state index in [0.29, 0.717) is 37.2 Å². The molecule has 2 aliphatic rings. The summed E-state index contributed by atoms with van der Waals surface area (Å²) in [4.78, 5) is 39.9. The van der Waals surface area contributed by atoms with Gasteiger partial charge in [0.25, 0.3) is 5.91 Å². The summed E-state index contributed by atoms with van der Waals surface area (Å²) >= 11 is 0. The molecule has 0 bridgehead atoms. The highest BCUT2D eigenvalue weighted by molar-refractivity contribution is 6.22. The van der Waals surface area contributed by atoms with Crippen LogP contribution < -0.4 is 4.90 Å². The number of aliphatic hydroxyl groups is 1. The molecule has 0 aliphatic carbocycles. The van der Waals surface area contributed by atoms with E-state index in [0.717, 1.165) is 0 Å². The van der Waals surface area contributed by atoms with Crippen LogP contribution in [0.5, 0.6) is 0 Å². The maximum absolute atomic E-state index is 12.7. The normalized spacial score (nSPS) is 22.5. The summed E-state index contributed by atoms with van der Waals surface area (Å²) in [7, 11) is 0. The van der Waals surface area contributed by atoms with Crippen LogP contribution >= 0.6 is 0 Å². The lowest BCUT2D eigenvalue weighted by Crippen LogP contribution is -2.46. The summed E-state index contributed by atoms with van der Waals surface area (Å²) in [6.07, 6.45) is 1.06. The lowest BCUT2D eigenvalue weighted by molar-refractivity contribution is -0.123. The number of esters is 1. The maximum atomic E-state index is 12.7. The predicted octanol–water partition coefficient (Wildman–Crippen LogP) is 0.952. The molecule has 3 rings (SSSR count). The van der Waals surface area contributed by atoms with Crippen LogP contribution in [0.3, 0.4) is 0 Å². The minimum Gasteiger partial charge on any atom is -0.462 e. The van der Waals surface area contributed by atoms with Crippen LogP contribution in [0.1, 0.15) is 36.5 Å². The lowest BCUT2D eigenvalue weighted by Gasteiger charge is -2.32. The monoisotopic (exact) mass is 346 g/mol. The highest BCUT2D eigenvalue weighted by Gasteiger charge is 2.43. The number of imide groups is 1. The van der Waals surface area contributed by atoms with Crippen LogP contribution in [0.15, 0.2) is 24.3 Å². The standard InChI is InChI=1S/C18H22N2O5/c1-2-25-18(24)12-3-5-13(6-4-12)20-16(22)11-15(17(20)23)19-9-7-14(21)8-10-19/h3-6,14-15,21H,2,7-11H2,1H3. The second-order valence-electron chi connectivity index (χ2n) is 6.32. The van der Waals surface area contributed by atoms with E-state index in [-0.39, 0.29) is 30.9 Å². The van der Waals surface area contributed by atoms with E-state index >= 15 is 0 Å². The van der Waals surface area contributed by atoms with Crippen molar-refractivity contribution >= 4 is 23.5 Å². The van der Waals surface area contributed by atoms with Crippen molar-refractivity contribution in [3.05, 3.63) is 29.8 Å². The van der Waals surface area contributed by atoms with Gasteiger partial charge in [0.1, 0.15) is 0 Å². The topological polar surface area (TPSA) is 87.2 Å². The van der Waals surface area contributed by atoms with Crippen LogP contribution in [0.25, 0.3) is 0 Å². The first-order chi connectivity index (χ1) is 12.0. The van der Waals surface area contributed by atoms with Gasteiger partial charge < -0.3 is 9.84 Å². The molecule has 1 N–H and O–H groups in total. The molecule has 1 aromatic rings. The van der Waals surface area contributed by atoms with E-state index in [1.807, 2.05) is 4.90 Å². The number of piperidine rings is 1. The van der Waals surface area contributed by atoms with Crippen LogP contribution in [0.4, 0.5) is 5.69 Å². The van der Waals surface area contributed by atoms with Gasteiger partial charge in [-0.3, -0.25) is 14.5 Å². The van der Waals surface area contributed by atoms with Gasteiger partial charge >= 0.3 is 5.97 Å². The molecule has 0 aromatic heterocycles. The van der Waals surface area contributed by atoms with Crippen molar-refractivity contribution in [1.29, 1.82) is 0 Å². The van der Waals surface area contributed by atoms with Crippen LogP contribution in [0, 0.1) is 0 Å². The van der Waals surface area contributed by atoms with E-state index < -0.39 is 12.0 Å². The first kappa shape index (κ1) is 17.6. The molecule has 2 heterocycles. The number of likely N-dealkylation sites (tertiary alicyclic amines) is 1. The third-order valence-electron chi connectivity index (χ3n) is 4.70. The molecule has 1 atom stereocenters. The molecule has 1 unspecified atom stereocenters. The molecule has 2 aliphatic heterocycles. The van der Waals surface area contributed by atoms with Gasteiger partial charge in [-0.2, -0.15) is 0 Å². The highest BCUT2D eigenvalue weighted by atomic mass is 16.5. The number of hydrogen-bond donors (Lipinski definition) is 1. The number of carbonyl (C=O) groups is 3. The minimum absolute atomic E-state index is 0.147. The number of carbonyl (C=O) groups excluding carboxylic acids is 3. The first-order valence-corrected chi connectivity index (χ1v) is 8.57. The predicted molar refractivity (Wildman–Crippen MR) is 90.1 cm³/mol. The smallest absolute Gasteiger partial charge is 0.338 e. The third kappa shape index (κ3) is 3.57. The van der Waals surface area contributed by atoms with E-state index in [4.69, 9.17) is 4.74 Å². The van der Waals surface area contributed by atoms with Gasteiger partial charge in [0.15, 0.2) is 0 Å². The van der Waals surface area contributed by atoms with Gasteiger partial charge in [0.05, 0.1) is 36.4 Å². The summed E-state index contributed by atoms with van der Waals surface area (Å²) in [5.41, 5.74) is 0.842. The largest absolute Gasteiger partial charge is 0.462 e. The van der Waals surface area contributed by atoms with Gasteiger partial charge in [-0.15, -0.1) is 0 Å². The molecule has 0 saturated carbocycles. The summed E-state index contributed by atoms with van der Waals surface area (Å²) in [5.74, 6) is -0.923. The zero-order chi connectivity index (χ0) is 18.0. The molecule has 25 heavy (non-hydrogen) atoms. The molecule has 7 nitrogen and oxygen atoms in total. The number of amides is 2. The Balaban J connectivity index is 1.73. The van der Waals surface area contributed by atoms with E-state index in [1.165, 1.54) is 4.90 Å². The number of anilines is 1. The Morgan fingerprint density at radius 2 is 1.84 bits per heavy atom. The third-order valence-corrected chi connectivity index (χ3v) is 4.70. The summed E-state index contributed by atoms with van der Waals surface area (Å²) in [6.45, 7) is 3.24. The number of nitrogens with zero attached hydrogens (tertiary/aromatic N) is 2. The average molecular weight is 346 g/mol. The van der Waals surface area contributed by atoms with Gasteiger partial charge in [-0.25, -0.2) is 9.69 Å². The van der Waals surface area contributed by atoms with Crippen LogP contribution in [-0.4, -0.2) is 59.6 Å². The highest BCUT2D eigenvalue weighted by Crippen LogP contribution is 2.27. The number of rotatable bonds is 4. The van der Waals surface area contributed by atoms with E-state index in [1.54, 1.807) is 31.2 Å². The molecule has 1 aromatic carbocycles. The van der Waals surface area contributed by atoms with Crippen LogP contribution in [-0.2, 0) is 14.3 Å². The minimum atomic E-state index is -0.468. The van der Waals surface area contributed by atoms with Crippen molar-refractivity contribution in [2.75, 3.05) is 24.6 Å². The average Bonchev–Trinajstić information content (AvgIpc) is 2.90. The SMILES string of the molecule is CCOC(=O)c1ccc(N2C(=O)CC(N3CCC(O)CC3)C2=O)cc1. The number of ether oxygens (including phenoxy) is 1. The fourth-order valence-corrected chi connectivity index (χ4v) is 3.33. The van der Waals surface area contributed by atoms with E-state index in [9.17, 15) is 19.5 Å². The zero-order valence-electron chi connectivity index (χ0n) is 14.2. The molecule has 2 amide bonds. The Kier molecular flexibility index (Phi) is 5.15.